The number of hydrogen-bond acceptors (Lipinski definition) is 3. The van der Waals surface area contributed by atoms with Crippen LogP contribution in [0.3, 0.4) is 0 Å². The number of carbonyl (C=O) groups excluding carboxylic acids is 1. The molecule has 0 saturated carbocycles. The maximum Gasteiger partial charge on any atom is 0.319 e. The molecule has 2 bridgehead atoms. The Kier molecular flexibility index (Phi) is 3.89. The number of hydrogen-bond donors (Lipinski definition) is 3. The fourth-order valence-electron chi connectivity index (χ4n) is 3.19. The third-order valence-corrected chi connectivity index (χ3v) is 4.42. The molecule has 20 heavy (non-hydrogen) atoms. The van der Waals surface area contributed by atoms with Crippen molar-refractivity contribution in [2.75, 3.05) is 25.0 Å². The van der Waals surface area contributed by atoms with E-state index in [4.69, 9.17) is 5.73 Å². The lowest BCUT2D eigenvalue weighted by atomic mass is 9.84. The highest BCUT2D eigenvalue weighted by Gasteiger charge is 2.34. The predicted molar refractivity (Wildman–Crippen MR) is 79.4 cm³/mol. The summed E-state index contributed by atoms with van der Waals surface area (Å²) < 4.78 is 0. The first-order valence-corrected chi connectivity index (χ1v) is 7.33. The summed E-state index contributed by atoms with van der Waals surface area (Å²) in [5, 5.41) is 6.00. The van der Waals surface area contributed by atoms with Crippen molar-refractivity contribution in [3.05, 3.63) is 29.8 Å². The van der Waals surface area contributed by atoms with E-state index in [2.05, 4.69) is 15.5 Å². The van der Waals surface area contributed by atoms with Gasteiger partial charge in [-0.2, -0.15) is 0 Å². The van der Waals surface area contributed by atoms with Crippen molar-refractivity contribution in [2.45, 2.75) is 25.4 Å². The molecule has 3 saturated heterocycles. The number of benzene rings is 1. The van der Waals surface area contributed by atoms with E-state index in [1.165, 1.54) is 25.9 Å². The predicted octanol–water partition coefficient (Wildman–Crippen LogP) is 1.36. The SMILES string of the molecule is NCc1ccc(NC(=O)NC2CN3CCC2CC3)cc1. The van der Waals surface area contributed by atoms with Crippen molar-refractivity contribution in [3.63, 3.8) is 0 Å². The lowest BCUT2D eigenvalue weighted by Gasteiger charge is -2.44. The van der Waals surface area contributed by atoms with Crippen molar-refractivity contribution in [2.24, 2.45) is 11.7 Å². The molecule has 5 heteroatoms. The molecule has 4 rings (SSSR count). The highest BCUT2D eigenvalue weighted by molar-refractivity contribution is 5.89. The standard InChI is InChI=1S/C15H22N4O/c16-9-11-1-3-13(4-2-11)17-15(20)18-14-10-19-7-5-12(14)6-8-19/h1-4,12,14H,5-10,16H2,(H2,17,18,20). The largest absolute Gasteiger partial charge is 0.334 e. The van der Waals surface area contributed by atoms with Crippen molar-refractivity contribution >= 4 is 11.7 Å². The molecule has 0 radical (unpaired) electrons. The van der Waals surface area contributed by atoms with E-state index >= 15 is 0 Å². The summed E-state index contributed by atoms with van der Waals surface area (Å²) in [6.07, 6.45) is 2.41. The quantitative estimate of drug-likeness (QED) is 0.779. The molecule has 1 unspecified atom stereocenters. The van der Waals surface area contributed by atoms with Gasteiger partial charge in [0.1, 0.15) is 0 Å². The van der Waals surface area contributed by atoms with Crippen LogP contribution in [0.2, 0.25) is 0 Å². The molecule has 1 aromatic rings. The summed E-state index contributed by atoms with van der Waals surface area (Å²) in [4.78, 5) is 14.5. The second-order valence-corrected chi connectivity index (χ2v) is 5.74. The Morgan fingerprint density at radius 2 is 1.95 bits per heavy atom. The van der Waals surface area contributed by atoms with Gasteiger partial charge in [-0.3, -0.25) is 0 Å². The zero-order valence-corrected chi connectivity index (χ0v) is 11.6. The van der Waals surface area contributed by atoms with E-state index in [1.54, 1.807) is 0 Å². The van der Waals surface area contributed by atoms with Gasteiger partial charge >= 0.3 is 6.03 Å². The number of nitrogens with two attached hydrogens (primary N) is 1. The minimum atomic E-state index is -0.107. The van der Waals surface area contributed by atoms with Gasteiger partial charge in [-0.15, -0.1) is 0 Å². The van der Waals surface area contributed by atoms with Crippen LogP contribution in [-0.2, 0) is 6.54 Å². The van der Waals surface area contributed by atoms with E-state index < -0.39 is 0 Å². The molecular weight excluding hydrogens is 252 g/mol. The summed E-state index contributed by atoms with van der Waals surface area (Å²) in [5.74, 6) is 0.644. The number of carbonyl (C=O) groups is 1. The Bertz CT molecular complexity index is 465. The first-order valence-electron chi connectivity index (χ1n) is 7.33. The molecule has 1 aromatic carbocycles. The molecule has 3 fully saturated rings. The molecule has 2 amide bonds. The second kappa shape index (κ2) is 5.81. The second-order valence-electron chi connectivity index (χ2n) is 5.74. The molecule has 1 atom stereocenters. The summed E-state index contributed by atoms with van der Waals surface area (Å²) in [7, 11) is 0. The van der Waals surface area contributed by atoms with Crippen LogP contribution < -0.4 is 16.4 Å². The van der Waals surface area contributed by atoms with Crippen LogP contribution in [0.5, 0.6) is 0 Å². The van der Waals surface area contributed by atoms with Gasteiger partial charge in [-0.25, -0.2) is 4.79 Å². The van der Waals surface area contributed by atoms with Crippen molar-refractivity contribution in [1.29, 1.82) is 0 Å². The summed E-state index contributed by atoms with van der Waals surface area (Å²) >= 11 is 0. The molecule has 0 aromatic heterocycles. The molecule has 4 N–H and O–H groups in total. The number of nitrogens with zero attached hydrogens (tertiary/aromatic N) is 1. The van der Waals surface area contributed by atoms with Crippen LogP contribution in [0.25, 0.3) is 0 Å². The Morgan fingerprint density at radius 3 is 2.50 bits per heavy atom. The van der Waals surface area contributed by atoms with Crippen LogP contribution in [0.1, 0.15) is 18.4 Å². The Hall–Kier alpha value is -1.59. The van der Waals surface area contributed by atoms with E-state index in [0.29, 0.717) is 18.5 Å². The number of amides is 2. The van der Waals surface area contributed by atoms with Crippen molar-refractivity contribution < 1.29 is 4.79 Å². The Labute approximate surface area is 119 Å². The summed E-state index contributed by atoms with van der Waals surface area (Å²) in [6, 6.07) is 7.83. The molecule has 0 spiro atoms. The maximum atomic E-state index is 12.0. The average molecular weight is 274 g/mol. The van der Waals surface area contributed by atoms with Gasteiger partial charge in [0.25, 0.3) is 0 Å². The Balaban J connectivity index is 1.54. The number of piperidine rings is 3. The topological polar surface area (TPSA) is 70.4 Å². The van der Waals surface area contributed by atoms with Crippen LogP contribution in [0.4, 0.5) is 10.5 Å². The number of urea groups is 1. The third-order valence-electron chi connectivity index (χ3n) is 4.42. The smallest absolute Gasteiger partial charge is 0.319 e. The van der Waals surface area contributed by atoms with Gasteiger partial charge in [0.15, 0.2) is 0 Å². The number of rotatable bonds is 3. The van der Waals surface area contributed by atoms with Gasteiger partial charge in [0, 0.05) is 24.8 Å². The molecule has 3 heterocycles. The minimum Gasteiger partial charge on any atom is -0.334 e. The van der Waals surface area contributed by atoms with Crippen molar-refractivity contribution in [3.8, 4) is 0 Å². The van der Waals surface area contributed by atoms with Crippen LogP contribution in [0.15, 0.2) is 24.3 Å². The zero-order valence-electron chi connectivity index (χ0n) is 11.6. The number of anilines is 1. The molecular formula is C15H22N4O. The van der Waals surface area contributed by atoms with E-state index in [9.17, 15) is 4.79 Å². The highest BCUT2D eigenvalue weighted by atomic mass is 16.2. The van der Waals surface area contributed by atoms with Crippen LogP contribution >= 0.6 is 0 Å². The van der Waals surface area contributed by atoms with Crippen LogP contribution in [0, 0.1) is 5.92 Å². The summed E-state index contributed by atoms with van der Waals surface area (Å²) in [5.41, 5.74) is 7.42. The van der Waals surface area contributed by atoms with E-state index in [1.807, 2.05) is 24.3 Å². The van der Waals surface area contributed by atoms with Crippen LogP contribution in [-0.4, -0.2) is 36.6 Å². The van der Waals surface area contributed by atoms with Gasteiger partial charge in [-0.1, -0.05) is 12.1 Å². The summed E-state index contributed by atoms with van der Waals surface area (Å²) in [6.45, 7) is 3.88. The maximum absolute atomic E-state index is 12.0. The number of nitrogens with one attached hydrogen (secondary N) is 2. The Morgan fingerprint density at radius 1 is 1.25 bits per heavy atom. The third kappa shape index (κ3) is 2.94. The molecule has 5 nitrogen and oxygen atoms in total. The van der Waals surface area contributed by atoms with Crippen molar-refractivity contribution in [1.82, 2.24) is 10.2 Å². The lowest BCUT2D eigenvalue weighted by molar-refractivity contribution is 0.0777. The fraction of sp³-hybridized carbons (Fsp3) is 0.533. The first kappa shape index (κ1) is 13.4. The molecule has 108 valence electrons. The minimum absolute atomic E-state index is 0.107. The van der Waals surface area contributed by atoms with Gasteiger partial charge in [-0.05, 0) is 49.5 Å². The molecule has 3 aliphatic rings. The number of fused-ring (bicyclic) bond motifs is 3. The normalized spacial score (nSPS) is 28.1. The van der Waals surface area contributed by atoms with E-state index in [0.717, 1.165) is 17.8 Å². The lowest BCUT2D eigenvalue weighted by Crippen LogP contribution is -2.57. The van der Waals surface area contributed by atoms with Gasteiger partial charge in [0.05, 0.1) is 0 Å². The van der Waals surface area contributed by atoms with Gasteiger partial charge in [0.2, 0.25) is 0 Å². The highest BCUT2D eigenvalue weighted by Crippen LogP contribution is 2.27. The average Bonchev–Trinajstić information content (AvgIpc) is 2.49. The van der Waals surface area contributed by atoms with Gasteiger partial charge < -0.3 is 21.3 Å². The molecule has 0 aliphatic carbocycles. The molecule has 3 aliphatic heterocycles. The van der Waals surface area contributed by atoms with E-state index in [-0.39, 0.29) is 6.03 Å². The fourth-order valence-corrected chi connectivity index (χ4v) is 3.19. The monoisotopic (exact) mass is 274 g/mol. The first-order chi connectivity index (χ1) is 9.74. The zero-order chi connectivity index (χ0) is 13.9.